The molecule has 0 radical (unpaired) electrons. The van der Waals surface area contributed by atoms with Crippen molar-refractivity contribution in [1.29, 1.82) is 0 Å². The molecule has 0 aromatic rings. The van der Waals surface area contributed by atoms with Crippen LogP contribution in [0.4, 0.5) is 0 Å². The lowest BCUT2D eigenvalue weighted by atomic mass is 9.97. The Morgan fingerprint density at radius 2 is 2.09 bits per heavy atom. The topological polar surface area (TPSA) is 0 Å². The highest BCUT2D eigenvalue weighted by atomic mass is 14.2. The standard InChI is InChI=1S/C9H10.C2H6/c1-2-5-9-7-3-6-8(9)4-1;1-2/h1-2,4-6,9H,3,7H2;1-2H3. The van der Waals surface area contributed by atoms with Crippen LogP contribution in [0.15, 0.2) is 36.0 Å². The largest absolute Gasteiger partial charge is 0.0807 e. The fourth-order valence-electron chi connectivity index (χ4n) is 1.51. The highest BCUT2D eigenvalue weighted by molar-refractivity contribution is 5.35. The summed E-state index contributed by atoms with van der Waals surface area (Å²) in [6.45, 7) is 4.00. The van der Waals surface area contributed by atoms with E-state index in [0.717, 1.165) is 5.92 Å². The minimum Gasteiger partial charge on any atom is -0.0807 e. The van der Waals surface area contributed by atoms with E-state index in [0.29, 0.717) is 0 Å². The van der Waals surface area contributed by atoms with Crippen LogP contribution in [0.2, 0.25) is 0 Å². The molecule has 0 bridgehead atoms. The molecule has 0 saturated heterocycles. The van der Waals surface area contributed by atoms with Crippen LogP contribution >= 0.6 is 0 Å². The molecular weight excluding hydrogens is 132 g/mol. The molecule has 2 rings (SSSR count). The Balaban J connectivity index is 0.000000281. The first-order chi connectivity index (χ1) is 5.47. The SMILES string of the molecule is C1=CC2=CCCC2C=C1.CC. The summed E-state index contributed by atoms with van der Waals surface area (Å²) in [6, 6.07) is 0. The molecule has 0 N–H and O–H groups in total. The quantitative estimate of drug-likeness (QED) is 0.493. The number of hydrogen-bond donors (Lipinski definition) is 0. The van der Waals surface area contributed by atoms with Gasteiger partial charge in [0.2, 0.25) is 0 Å². The van der Waals surface area contributed by atoms with E-state index in [1.807, 2.05) is 13.8 Å². The highest BCUT2D eigenvalue weighted by Gasteiger charge is 2.14. The summed E-state index contributed by atoms with van der Waals surface area (Å²) < 4.78 is 0. The van der Waals surface area contributed by atoms with Crippen molar-refractivity contribution in [1.82, 2.24) is 0 Å². The minimum atomic E-state index is 0.759. The van der Waals surface area contributed by atoms with Crippen molar-refractivity contribution in [2.75, 3.05) is 0 Å². The van der Waals surface area contributed by atoms with E-state index in [-0.39, 0.29) is 0 Å². The molecular formula is C11H16. The Hall–Kier alpha value is -0.780. The van der Waals surface area contributed by atoms with Gasteiger partial charge >= 0.3 is 0 Å². The van der Waals surface area contributed by atoms with Crippen LogP contribution in [-0.4, -0.2) is 0 Å². The van der Waals surface area contributed by atoms with Crippen molar-refractivity contribution in [2.45, 2.75) is 26.7 Å². The van der Waals surface area contributed by atoms with Gasteiger partial charge in [0.05, 0.1) is 0 Å². The third-order valence-electron chi connectivity index (χ3n) is 2.03. The Labute approximate surface area is 69.3 Å². The summed E-state index contributed by atoms with van der Waals surface area (Å²) in [5.74, 6) is 0.759. The molecule has 1 unspecified atom stereocenters. The third kappa shape index (κ3) is 1.83. The van der Waals surface area contributed by atoms with Gasteiger partial charge in [0.25, 0.3) is 0 Å². The van der Waals surface area contributed by atoms with Gasteiger partial charge in [0.1, 0.15) is 0 Å². The molecule has 0 nitrogen and oxygen atoms in total. The average Bonchev–Trinajstić information content (AvgIpc) is 2.55. The van der Waals surface area contributed by atoms with E-state index in [2.05, 4.69) is 30.4 Å². The minimum absolute atomic E-state index is 0.759. The van der Waals surface area contributed by atoms with Crippen LogP contribution in [0.5, 0.6) is 0 Å². The predicted octanol–water partition coefficient (Wildman–Crippen LogP) is 3.48. The molecule has 60 valence electrons. The van der Waals surface area contributed by atoms with Gasteiger partial charge < -0.3 is 0 Å². The maximum atomic E-state index is 2.34. The smallest absolute Gasteiger partial charge is 0.00208 e. The molecule has 1 atom stereocenters. The monoisotopic (exact) mass is 148 g/mol. The number of hydrogen-bond acceptors (Lipinski definition) is 0. The predicted molar refractivity (Wildman–Crippen MR) is 50.4 cm³/mol. The van der Waals surface area contributed by atoms with Crippen LogP contribution in [-0.2, 0) is 0 Å². The Kier molecular flexibility index (Phi) is 3.15. The van der Waals surface area contributed by atoms with E-state index in [9.17, 15) is 0 Å². The summed E-state index contributed by atoms with van der Waals surface area (Å²) in [5, 5.41) is 0. The number of rotatable bonds is 0. The number of fused-ring (bicyclic) bond motifs is 1. The molecule has 0 amide bonds. The maximum Gasteiger partial charge on any atom is 0.00208 e. The average molecular weight is 148 g/mol. The normalized spacial score (nSPS) is 25.3. The molecule has 0 fully saturated rings. The van der Waals surface area contributed by atoms with E-state index < -0.39 is 0 Å². The summed E-state index contributed by atoms with van der Waals surface area (Å²) in [4.78, 5) is 0. The van der Waals surface area contributed by atoms with Crippen molar-refractivity contribution in [3.63, 3.8) is 0 Å². The van der Waals surface area contributed by atoms with Crippen LogP contribution < -0.4 is 0 Å². The van der Waals surface area contributed by atoms with E-state index in [4.69, 9.17) is 0 Å². The first kappa shape index (κ1) is 8.32. The zero-order valence-corrected chi connectivity index (χ0v) is 7.38. The molecule has 2 aliphatic carbocycles. The third-order valence-corrected chi connectivity index (χ3v) is 2.03. The highest BCUT2D eigenvalue weighted by Crippen LogP contribution is 2.29. The van der Waals surface area contributed by atoms with Gasteiger partial charge in [-0.3, -0.25) is 0 Å². The molecule has 0 spiro atoms. The molecule has 0 heterocycles. The lowest BCUT2D eigenvalue weighted by Gasteiger charge is -2.07. The van der Waals surface area contributed by atoms with Crippen molar-refractivity contribution < 1.29 is 0 Å². The van der Waals surface area contributed by atoms with Gasteiger partial charge in [-0.1, -0.05) is 44.2 Å². The first-order valence-electron chi connectivity index (χ1n) is 4.52. The molecule has 11 heavy (non-hydrogen) atoms. The molecule has 0 aromatic carbocycles. The fraction of sp³-hybridized carbons (Fsp3) is 0.455. The maximum absolute atomic E-state index is 2.34. The summed E-state index contributed by atoms with van der Waals surface area (Å²) in [7, 11) is 0. The van der Waals surface area contributed by atoms with Crippen molar-refractivity contribution in [2.24, 2.45) is 5.92 Å². The lowest BCUT2D eigenvalue weighted by molar-refractivity contribution is 0.749. The summed E-state index contributed by atoms with van der Waals surface area (Å²) >= 11 is 0. The van der Waals surface area contributed by atoms with E-state index in [1.165, 1.54) is 18.4 Å². The molecule has 0 saturated carbocycles. The molecule has 0 heteroatoms. The molecule has 0 aromatic heterocycles. The second-order valence-electron chi connectivity index (χ2n) is 2.63. The van der Waals surface area contributed by atoms with Crippen LogP contribution in [0.3, 0.4) is 0 Å². The van der Waals surface area contributed by atoms with Crippen LogP contribution in [0.25, 0.3) is 0 Å². The van der Waals surface area contributed by atoms with Crippen molar-refractivity contribution in [3.05, 3.63) is 36.0 Å². The van der Waals surface area contributed by atoms with Gasteiger partial charge in [-0.15, -0.1) is 0 Å². The van der Waals surface area contributed by atoms with Crippen LogP contribution in [0, 0.1) is 5.92 Å². The fourth-order valence-corrected chi connectivity index (χ4v) is 1.51. The summed E-state index contributed by atoms with van der Waals surface area (Å²) in [6.07, 6.45) is 13.7. The Morgan fingerprint density at radius 1 is 1.27 bits per heavy atom. The van der Waals surface area contributed by atoms with E-state index in [1.54, 1.807) is 0 Å². The van der Waals surface area contributed by atoms with Crippen molar-refractivity contribution in [3.8, 4) is 0 Å². The van der Waals surface area contributed by atoms with Crippen LogP contribution in [0.1, 0.15) is 26.7 Å². The van der Waals surface area contributed by atoms with Gasteiger partial charge in [0.15, 0.2) is 0 Å². The van der Waals surface area contributed by atoms with Gasteiger partial charge in [0, 0.05) is 5.92 Å². The second kappa shape index (κ2) is 4.17. The van der Waals surface area contributed by atoms with Crippen molar-refractivity contribution >= 4 is 0 Å². The van der Waals surface area contributed by atoms with Gasteiger partial charge in [-0.05, 0) is 18.4 Å². The van der Waals surface area contributed by atoms with E-state index >= 15 is 0 Å². The zero-order chi connectivity index (χ0) is 8.10. The first-order valence-corrected chi connectivity index (χ1v) is 4.52. The Morgan fingerprint density at radius 3 is 2.82 bits per heavy atom. The second-order valence-corrected chi connectivity index (χ2v) is 2.63. The molecule has 2 aliphatic rings. The Bertz CT molecular complexity index is 191. The van der Waals surface area contributed by atoms with Gasteiger partial charge in [-0.25, -0.2) is 0 Å². The zero-order valence-electron chi connectivity index (χ0n) is 7.38. The van der Waals surface area contributed by atoms with Gasteiger partial charge in [-0.2, -0.15) is 0 Å². The molecule has 0 aliphatic heterocycles. The summed E-state index contributed by atoms with van der Waals surface area (Å²) in [5.41, 5.74) is 1.53. The number of allylic oxidation sites excluding steroid dienone is 6. The lowest BCUT2D eigenvalue weighted by Crippen LogP contribution is -1.94.